The molecule has 1 aromatic heterocycles. The molecule has 1 saturated heterocycles. The first-order valence-electron chi connectivity index (χ1n) is 10.2. The van der Waals surface area contributed by atoms with Gasteiger partial charge in [0.1, 0.15) is 17.3 Å². The highest BCUT2D eigenvalue weighted by Crippen LogP contribution is 2.43. The van der Waals surface area contributed by atoms with Gasteiger partial charge in [0.2, 0.25) is 0 Å². The third-order valence-corrected chi connectivity index (χ3v) is 6.04. The lowest BCUT2D eigenvalue weighted by atomic mass is 9.95. The molecule has 162 valence electrons. The lowest BCUT2D eigenvalue weighted by Gasteiger charge is -2.23. The second kappa shape index (κ2) is 8.72. The number of carbonyl (C=O) groups excluding carboxylic acids is 2. The molecule has 1 aliphatic heterocycles. The average Bonchev–Trinajstić information content (AvgIpc) is 3.47. The van der Waals surface area contributed by atoms with E-state index in [1.54, 1.807) is 60.1 Å². The maximum Gasteiger partial charge on any atom is 0.301 e. The molecule has 7 heteroatoms. The Morgan fingerprint density at radius 2 is 1.61 bits per heavy atom. The fourth-order valence-electron chi connectivity index (χ4n) is 3.80. The minimum Gasteiger partial charge on any atom is -0.507 e. The molecular weight excluding hydrogens is 436 g/mol. The van der Waals surface area contributed by atoms with Crippen LogP contribution in [0.5, 0.6) is 11.5 Å². The van der Waals surface area contributed by atoms with E-state index in [-0.39, 0.29) is 11.3 Å². The number of Topliss-reactive ketones (excluding diaryl/α,β-unsaturated/α-hetero) is 1. The molecule has 6 nitrogen and oxygen atoms in total. The zero-order valence-electron chi connectivity index (χ0n) is 17.3. The Morgan fingerprint density at radius 3 is 2.30 bits per heavy atom. The molecule has 33 heavy (non-hydrogen) atoms. The van der Waals surface area contributed by atoms with Crippen molar-refractivity contribution in [2.75, 3.05) is 4.90 Å². The van der Waals surface area contributed by atoms with Gasteiger partial charge in [-0.15, -0.1) is 11.3 Å². The van der Waals surface area contributed by atoms with Gasteiger partial charge in [-0.25, -0.2) is 4.98 Å². The fourth-order valence-corrected chi connectivity index (χ4v) is 4.47. The van der Waals surface area contributed by atoms with E-state index in [0.29, 0.717) is 27.8 Å². The second-order valence-corrected chi connectivity index (χ2v) is 8.21. The van der Waals surface area contributed by atoms with Crippen LogP contribution in [0.15, 0.2) is 102 Å². The molecule has 0 bridgehead atoms. The number of amides is 1. The maximum atomic E-state index is 13.1. The molecule has 0 aliphatic carbocycles. The zero-order chi connectivity index (χ0) is 22.8. The molecule has 2 heterocycles. The quantitative estimate of drug-likeness (QED) is 0.243. The monoisotopic (exact) mass is 454 g/mol. The topological polar surface area (TPSA) is 79.7 Å². The highest BCUT2D eigenvalue weighted by Gasteiger charge is 2.48. The summed E-state index contributed by atoms with van der Waals surface area (Å²) in [5, 5.41) is 13.2. The highest BCUT2D eigenvalue weighted by molar-refractivity contribution is 7.14. The minimum atomic E-state index is -0.851. The van der Waals surface area contributed by atoms with Crippen LogP contribution in [0.25, 0.3) is 5.76 Å². The van der Waals surface area contributed by atoms with E-state index >= 15 is 0 Å². The molecule has 0 spiro atoms. The number of para-hydroxylation sites is 1. The summed E-state index contributed by atoms with van der Waals surface area (Å²) in [6.45, 7) is 0. The minimum absolute atomic E-state index is 0.0123. The molecule has 5 rings (SSSR count). The third-order valence-electron chi connectivity index (χ3n) is 5.27. The lowest BCUT2D eigenvalue weighted by Crippen LogP contribution is -2.29. The molecule has 1 fully saturated rings. The fraction of sp³-hybridized carbons (Fsp3) is 0.0385. The van der Waals surface area contributed by atoms with Crippen LogP contribution in [0.4, 0.5) is 5.13 Å². The van der Waals surface area contributed by atoms with Crippen molar-refractivity contribution < 1.29 is 19.4 Å². The molecule has 4 aromatic rings. The molecule has 1 N–H and O–H groups in total. The molecule has 0 saturated carbocycles. The summed E-state index contributed by atoms with van der Waals surface area (Å²) < 4.78 is 5.96. The van der Waals surface area contributed by atoms with Crippen LogP contribution in [-0.2, 0) is 9.59 Å². The normalized spacial score (nSPS) is 17.3. The summed E-state index contributed by atoms with van der Waals surface area (Å²) in [6.07, 6.45) is 1.57. The first kappa shape index (κ1) is 20.7. The van der Waals surface area contributed by atoms with Gasteiger partial charge in [0.25, 0.3) is 5.78 Å². The van der Waals surface area contributed by atoms with E-state index < -0.39 is 17.7 Å². The van der Waals surface area contributed by atoms with Crippen molar-refractivity contribution in [2.24, 2.45) is 0 Å². The van der Waals surface area contributed by atoms with E-state index in [2.05, 4.69) is 4.98 Å². The number of aliphatic hydroxyl groups is 1. The number of benzene rings is 3. The Balaban J connectivity index is 1.65. The summed E-state index contributed by atoms with van der Waals surface area (Å²) in [7, 11) is 0. The summed E-state index contributed by atoms with van der Waals surface area (Å²) in [5.74, 6) is -0.517. The largest absolute Gasteiger partial charge is 0.507 e. The number of nitrogens with zero attached hydrogens (tertiary/aromatic N) is 2. The van der Waals surface area contributed by atoms with Gasteiger partial charge in [0.15, 0.2) is 5.13 Å². The predicted octanol–water partition coefficient (Wildman–Crippen LogP) is 5.56. The Hall–Kier alpha value is -4.23. The van der Waals surface area contributed by atoms with Crippen LogP contribution in [-0.4, -0.2) is 21.8 Å². The Morgan fingerprint density at radius 1 is 0.909 bits per heavy atom. The van der Waals surface area contributed by atoms with Crippen molar-refractivity contribution in [2.45, 2.75) is 6.04 Å². The summed E-state index contributed by atoms with van der Waals surface area (Å²) >= 11 is 1.25. The van der Waals surface area contributed by atoms with Gasteiger partial charge in [0.05, 0.1) is 11.6 Å². The summed E-state index contributed by atoms with van der Waals surface area (Å²) in [5.41, 5.74) is 1.09. The van der Waals surface area contributed by atoms with Crippen LogP contribution in [0.1, 0.15) is 17.2 Å². The SMILES string of the molecule is O=C1C(=O)N(c2nccs2)[C@H](c2cccc(Oc3ccccc3)c2)/C1=C(\O)c1ccccc1. The van der Waals surface area contributed by atoms with Crippen molar-refractivity contribution in [3.8, 4) is 11.5 Å². The summed E-state index contributed by atoms with van der Waals surface area (Å²) in [4.78, 5) is 31.8. The van der Waals surface area contributed by atoms with Crippen LogP contribution in [0.2, 0.25) is 0 Å². The van der Waals surface area contributed by atoms with E-state index in [1.807, 2.05) is 36.4 Å². The first-order chi connectivity index (χ1) is 16.1. The van der Waals surface area contributed by atoms with Crippen LogP contribution < -0.4 is 9.64 Å². The van der Waals surface area contributed by atoms with E-state index in [9.17, 15) is 14.7 Å². The van der Waals surface area contributed by atoms with Gasteiger partial charge in [-0.05, 0) is 29.8 Å². The highest BCUT2D eigenvalue weighted by atomic mass is 32.1. The number of hydrogen-bond acceptors (Lipinski definition) is 6. The molecule has 1 aliphatic rings. The number of anilines is 1. The lowest BCUT2D eigenvalue weighted by molar-refractivity contribution is -0.132. The molecule has 0 unspecified atom stereocenters. The van der Waals surface area contributed by atoms with Crippen LogP contribution in [0, 0.1) is 0 Å². The van der Waals surface area contributed by atoms with Crippen molar-refractivity contribution >= 4 is 33.9 Å². The van der Waals surface area contributed by atoms with E-state index in [4.69, 9.17) is 4.74 Å². The van der Waals surface area contributed by atoms with Gasteiger partial charge in [-0.1, -0.05) is 60.7 Å². The molecule has 0 radical (unpaired) electrons. The molecule has 1 atom stereocenters. The zero-order valence-corrected chi connectivity index (χ0v) is 18.1. The number of aliphatic hydroxyl groups excluding tert-OH is 1. The second-order valence-electron chi connectivity index (χ2n) is 7.34. The van der Waals surface area contributed by atoms with Gasteiger partial charge in [-0.3, -0.25) is 14.5 Å². The Kier molecular flexibility index (Phi) is 5.46. The van der Waals surface area contributed by atoms with E-state index in [1.165, 1.54) is 16.2 Å². The van der Waals surface area contributed by atoms with Crippen molar-refractivity contribution in [1.82, 2.24) is 4.98 Å². The van der Waals surface area contributed by atoms with Crippen molar-refractivity contribution in [3.05, 3.63) is 113 Å². The first-order valence-corrected chi connectivity index (χ1v) is 11.1. The Bertz CT molecular complexity index is 1340. The maximum absolute atomic E-state index is 13.1. The van der Waals surface area contributed by atoms with E-state index in [0.717, 1.165) is 0 Å². The van der Waals surface area contributed by atoms with Gasteiger partial charge in [-0.2, -0.15) is 0 Å². The van der Waals surface area contributed by atoms with Crippen molar-refractivity contribution in [3.63, 3.8) is 0 Å². The molecule has 3 aromatic carbocycles. The number of ketones is 1. The number of hydrogen-bond donors (Lipinski definition) is 1. The average molecular weight is 455 g/mol. The van der Waals surface area contributed by atoms with Crippen LogP contribution >= 0.6 is 11.3 Å². The van der Waals surface area contributed by atoms with Crippen molar-refractivity contribution in [1.29, 1.82) is 0 Å². The predicted molar refractivity (Wildman–Crippen MR) is 126 cm³/mol. The number of aromatic nitrogens is 1. The smallest absolute Gasteiger partial charge is 0.301 e. The Labute approximate surface area is 194 Å². The number of ether oxygens (including phenoxy) is 1. The number of thiazole rings is 1. The third kappa shape index (κ3) is 3.90. The van der Waals surface area contributed by atoms with Crippen LogP contribution in [0.3, 0.4) is 0 Å². The number of carbonyl (C=O) groups is 2. The molecular formula is C26H18N2O4S. The van der Waals surface area contributed by atoms with Gasteiger partial charge < -0.3 is 9.84 Å². The standard InChI is InChI=1S/C26H18N2O4S/c29-23(17-8-3-1-4-9-17)21-22(28(25(31)24(21)30)26-27-14-15-33-26)18-10-7-13-20(16-18)32-19-11-5-2-6-12-19/h1-16,22,29H/b23-21+/t22-/m1/s1. The van der Waals surface area contributed by atoms with Gasteiger partial charge in [0, 0.05) is 17.1 Å². The molecule has 1 amide bonds. The van der Waals surface area contributed by atoms with Gasteiger partial charge >= 0.3 is 5.91 Å². The summed E-state index contributed by atoms with van der Waals surface area (Å²) in [6, 6.07) is 24.3. The number of rotatable bonds is 5.